The molecule has 5 rings (SSSR count). The van der Waals surface area contributed by atoms with E-state index in [0.717, 1.165) is 18.4 Å². The molecule has 2 aliphatic rings. The second-order valence-corrected chi connectivity index (χ2v) is 8.62. The van der Waals surface area contributed by atoms with Crippen LogP contribution in [0.15, 0.2) is 54.6 Å². The molecule has 2 aliphatic heterocycles. The number of ether oxygens (including phenoxy) is 3. The van der Waals surface area contributed by atoms with Gasteiger partial charge in [-0.15, -0.1) is 0 Å². The lowest BCUT2D eigenvalue weighted by atomic mass is 9.97. The Hall–Kier alpha value is -2.67. The zero-order valence-electron chi connectivity index (χ0n) is 18.3. The molecule has 2 heterocycles. The quantitative estimate of drug-likeness (QED) is 0.377. The van der Waals surface area contributed by atoms with Crippen LogP contribution in [0.4, 0.5) is 13.2 Å². The Labute approximate surface area is 191 Å². The van der Waals surface area contributed by atoms with Gasteiger partial charge < -0.3 is 14.2 Å². The zero-order chi connectivity index (χ0) is 22.9. The number of halogens is 3. The summed E-state index contributed by atoms with van der Waals surface area (Å²) in [5.74, 6) is -1.81. The number of hydrogen-bond acceptors (Lipinski definition) is 3. The Bertz CT molecular complexity index is 1130. The average Bonchev–Trinajstić information content (AvgIpc) is 3.67. The van der Waals surface area contributed by atoms with Gasteiger partial charge >= 0.3 is 0 Å². The summed E-state index contributed by atoms with van der Waals surface area (Å²) in [5.41, 5.74) is 2.79. The van der Waals surface area contributed by atoms with E-state index in [4.69, 9.17) is 14.2 Å². The van der Waals surface area contributed by atoms with Crippen LogP contribution in [-0.4, -0.2) is 19.8 Å². The van der Waals surface area contributed by atoms with Crippen molar-refractivity contribution in [2.45, 2.75) is 32.2 Å². The molecule has 33 heavy (non-hydrogen) atoms. The van der Waals surface area contributed by atoms with Crippen LogP contribution < -0.4 is 0 Å². The molecular weight excluding hydrogens is 429 g/mol. The topological polar surface area (TPSA) is 31.0 Å². The van der Waals surface area contributed by atoms with E-state index in [1.165, 1.54) is 6.07 Å². The van der Waals surface area contributed by atoms with Crippen LogP contribution in [0.3, 0.4) is 0 Å². The first-order valence-electron chi connectivity index (χ1n) is 11.3. The van der Waals surface area contributed by atoms with E-state index in [-0.39, 0.29) is 17.2 Å². The van der Waals surface area contributed by atoms with Crippen molar-refractivity contribution in [3.8, 4) is 22.3 Å². The van der Waals surface area contributed by atoms with Crippen LogP contribution >= 0.6 is 0 Å². The summed E-state index contributed by atoms with van der Waals surface area (Å²) in [6.07, 6.45) is 1.04. The molecule has 172 valence electrons. The average molecular weight is 454 g/mol. The molecule has 0 radical (unpaired) electrons. The normalized spacial score (nSPS) is 22.4. The number of benzene rings is 3. The minimum atomic E-state index is -0.889. The van der Waals surface area contributed by atoms with Gasteiger partial charge in [-0.3, -0.25) is 0 Å². The van der Waals surface area contributed by atoms with Gasteiger partial charge in [0.25, 0.3) is 0 Å². The lowest BCUT2D eigenvalue weighted by Crippen LogP contribution is -2.27. The van der Waals surface area contributed by atoms with E-state index in [9.17, 15) is 13.2 Å². The highest BCUT2D eigenvalue weighted by molar-refractivity contribution is 5.71. The second kappa shape index (κ2) is 9.29. The van der Waals surface area contributed by atoms with Gasteiger partial charge in [-0.05, 0) is 29.2 Å². The molecule has 0 aromatic heterocycles. The molecular formula is C27H25F3O3. The fraction of sp³-hybridized carbons (Fsp3) is 0.333. The smallest absolute Gasteiger partial charge is 0.186 e. The Balaban J connectivity index is 1.33. The highest BCUT2D eigenvalue weighted by Gasteiger charge is 2.30. The minimum Gasteiger partial charge on any atom is -0.368 e. The highest BCUT2D eigenvalue weighted by Crippen LogP contribution is 2.36. The molecule has 1 unspecified atom stereocenters. The first kappa shape index (κ1) is 22.1. The van der Waals surface area contributed by atoms with Crippen molar-refractivity contribution in [1.29, 1.82) is 0 Å². The molecule has 0 saturated carbocycles. The zero-order valence-corrected chi connectivity index (χ0v) is 18.3. The summed E-state index contributed by atoms with van der Waals surface area (Å²) in [6.45, 7) is 3.66. The molecule has 3 aromatic rings. The largest absolute Gasteiger partial charge is 0.368 e. The third kappa shape index (κ3) is 4.56. The van der Waals surface area contributed by atoms with Crippen molar-refractivity contribution in [2.75, 3.05) is 19.8 Å². The molecule has 0 bridgehead atoms. The van der Waals surface area contributed by atoms with Crippen LogP contribution in [0.25, 0.3) is 22.3 Å². The van der Waals surface area contributed by atoms with Gasteiger partial charge in [-0.2, -0.15) is 0 Å². The fourth-order valence-electron chi connectivity index (χ4n) is 4.30. The lowest BCUT2D eigenvalue weighted by Gasteiger charge is -2.29. The van der Waals surface area contributed by atoms with Crippen molar-refractivity contribution in [1.82, 2.24) is 0 Å². The molecule has 0 N–H and O–H groups in total. The summed E-state index contributed by atoms with van der Waals surface area (Å²) >= 11 is 0. The van der Waals surface area contributed by atoms with Gasteiger partial charge in [0.2, 0.25) is 0 Å². The van der Waals surface area contributed by atoms with Crippen LogP contribution in [0.2, 0.25) is 0 Å². The van der Waals surface area contributed by atoms with Gasteiger partial charge in [0.1, 0.15) is 11.9 Å². The standard InChI is InChI=1S/C27H25F3O3/c1-2-3-16-13-32-27(33-14-16)21-9-8-19(12-23(21)28)17-4-6-18(7-5-17)20-10-11-22(24-15-31-24)26(30)25(20)29/h4-12,16,24,27H,2-3,13-15H2,1H3. The fourth-order valence-corrected chi connectivity index (χ4v) is 4.30. The summed E-state index contributed by atoms with van der Waals surface area (Å²) < 4.78 is 60.3. The molecule has 6 heteroatoms. The van der Waals surface area contributed by atoms with Crippen LogP contribution in [-0.2, 0) is 14.2 Å². The summed E-state index contributed by atoms with van der Waals surface area (Å²) in [4.78, 5) is 0. The SMILES string of the molecule is CCCC1COC(c2ccc(-c3ccc(-c4ccc(C5CO5)c(F)c4F)cc3)cc2F)OC1. The first-order valence-corrected chi connectivity index (χ1v) is 11.3. The van der Waals surface area contributed by atoms with Crippen molar-refractivity contribution in [2.24, 2.45) is 5.92 Å². The Kier molecular flexibility index (Phi) is 6.23. The summed E-state index contributed by atoms with van der Waals surface area (Å²) in [5, 5.41) is 0. The molecule has 2 fully saturated rings. The van der Waals surface area contributed by atoms with Crippen molar-refractivity contribution in [3.05, 3.63) is 83.2 Å². The monoisotopic (exact) mass is 454 g/mol. The van der Waals surface area contributed by atoms with E-state index in [0.29, 0.717) is 42.4 Å². The van der Waals surface area contributed by atoms with Gasteiger partial charge in [0.15, 0.2) is 17.9 Å². The van der Waals surface area contributed by atoms with Gasteiger partial charge in [-0.25, -0.2) is 13.2 Å². The molecule has 2 saturated heterocycles. The molecule has 3 nitrogen and oxygen atoms in total. The van der Waals surface area contributed by atoms with E-state index < -0.39 is 23.7 Å². The number of hydrogen-bond donors (Lipinski definition) is 0. The van der Waals surface area contributed by atoms with Gasteiger partial charge in [0, 0.05) is 22.6 Å². The summed E-state index contributed by atoms with van der Waals surface area (Å²) in [6, 6.07) is 15.0. The van der Waals surface area contributed by atoms with Crippen LogP contribution in [0.5, 0.6) is 0 Å². The predicted molar refractivity (Wildman–Crippen MR) is 119 cm³/mol. The van der Waals surface area contributed by atoms with Crippen molar-refractivity contribution < 1.29 is 27.4 Å². The van der Waals surface area contributed by atoms with Crippen molar-refractivity contribution in [3.63, 3.8) is 0 Å². The second-order valence-electron chi connectivity index (χ2n) is 8.62. The third-order valence-corrected chi connectivity index (χ3v) is 6.24. The van der Waals surface area contributed by atoms with E-state index in [2.05, 4.69) is 6.92 Å². The summed E-state index contributed by atoms with van der Waals surface area (Å²) in [7, 11) is 0. The third-order valence-electron chi connectivity index (χ3n) is 6.24. The lowest BCUT2D eigenvalue weighted by molar-refractivity contribution is -0.207. The molecule has 0 aliphatic carbocycles. The molecule has 3 aromatic carbocycles. The van der Waals surface area contributed by atoms with E-state index in [1.54, 1.807) is 42.5 Å². The Morgan fingerprint density at radius 3 is 2.00 bits per heavy atom. The van der Waals surface area contributed by atoms with Crippen LogP contribution in [0.1, 0.15) is 43.3 Å². The molecule has 0 spiro atoms. The van der Waals surface area contributed by atoms with Gasteiger partial charge in [0.05, 0.1) is 19.8 Å². The predicted octanol–water partition coefficient (Wildman–Crippen LogP) is 6.97. The maximum absolute atomic E-state index is 14.9. The van der Waals surface area contributed by atoms with Crippen molar-refractivity contribution >= 4 is 0 Å². The Morgan fingerprint density at radius 1 is 0.727 bits per heavy atom. The molecule has 0 amide bonds. The van der Waals surface area contributed by atoms with Crippen LogP contribution in [0, 0.1) is 23.4 Å². The first-order chi connectivity index (χ1) is 16.0. The van der Waals surface area contributed by atoms with E-state index in [1.807, 2.05) is 6.07 Å². The Morgan fingerprint density at radius 2 is 1.36 bits per heavy atom. The number of epoxide rings is 1. The minimum absolute atomic E-state index is 0.179. The maximum atomic E-state index is 14.9. The molecule has 1 atom stereocenters. The number of rotatable bonds is 6. The van der Waals surface area contributed by atoms with E-state index >= 15 is 0 Å². The maximum Gasteiger partial charge on any atom is 0.186 e. The van der Waals surface area contributed by atoms with Gasteiger partial charge in [-0.1, -0.05) is 61.9 Å². The highest BCUT2D eigenvalue weighted by atomic mass is 19.2.